The van der Waals surface area contributed by atoms with Gasteiger partial charge in [0.25, 0.3) is 5.91 Å². The standard InChI is InChI=1S/C12H20N2O/c1-5-6-7-14-11(15)10(9-13)8-12(2,3)4/h8H,5-7H2,1-4H3,(H,14,15)/b10-8+. The number of nitrogens with zero attached hydrogens (tertiary/aromatic N) is 1. The molecule has 0 radical (unpaired) electrons. The summed E-state index contributed by atoms with van der Waals surface area (Å²) < 4.78 is 0. The van der Waals surface area contributed by atoms with E-state index in [1.54, 1.807) is 6.08 Å². The molecule has 0 spiro atoms. The Morgan fingerprint density at radius 1 is 1.47 bits per heavy atom. The Labute approximate surface area is 92.2 Å². The molecule has 0 heterocycles. The van der Waals surface area contributed by atoms with E-state index in [1.165, 1.54) is 0 Å². The van der Waals surface area contributed by atoms with E-state index in [0.717, 1.165) is 12.8 Å². The van der Waals surface area contributed by atoms with Crippen molar-refractivity contribution in [1.82, 2.24) is 5.32 Å². The zero-order valence-electron chi connectivity index (χ0n) is 10.1. The Hall–Kier alpha value is -1.30. The number of hydrogen-bond donors (Lipinski definition) is 1. The summed E-state index contributed by atoms with van der Waals surface area (Å²) in [5.41, 5.74) is 0.0614. The van der Waals surface area contributed by atoms with E-state index in [9.17, 15) is 4.79 Å². The average molecular weight is 208 g/mol. The van der Waals surface area contributed by atoms with Gasteiger partial charge in [-0.15, -0.1) is 0 Å². The molecule has 0 aliphatic rings. The Morgan fingerprint density at radius 2 is 2.07 bits per heavy atom. The first kappa shape index (κ1) is 13.7. The van der Waals surface area contributed by atoms with E-state index >= 15 is 0 Å². The van der Waals surface area contributed by atoms with Gasteiger partial charge >= 0.3 is 0 Å². The number of carbonyl (C=O) groups is 1. The largest absolute Gasteiger partial charge is 0.351 e. The molecule has 0 fully saturated rings. The molecule has 1 amide bonds. The van der Waals surface area contributed by atoms with Crippen molar-refractivity contribution in [2.24, 2.45) is 5.41 Å². The third kappa shape index (κ3) is 6.73. The summed E-state index contributed by atoms with van der Waals surface area (Å²) in [4.78, 5) is 11.5. The van der Waals surface area contributed by atoms with Crippen LogP contribution in [-0.2, 0) is 4.79 Å². The van der Waals surface area contributed by atoms with Crippen LogP contribution >= 0.6 is 0 Å². The highest BCUT2D eigenvalue weighted by Gasteiger charge is 2.13. The summed E-state index contributed by atoms with van der Waals surface area (Å²) >= 11 is 0. The Balaban J connectivity index is 4.38. The van der Waals surface area contributed by atoms with Gasteiger partial charge in [-0.05, 0) is 11.8 Å². The maximum absolute atomic E-state index is 11.5. The van der Waals surface area contributed by atoms with Crippen LogP contribution in [0, 0.1) is 16.7 Å². The second-order valence-corrected chi connectivity index (χ2v) is 4.65. The van der Waals surface area contributed by atoms with Crippen molar-refractivity contribution in [3.05, 3.63) is 11.6 Å². The zero-order chi connectivity index (χ0) is 11.9. The molecular formula is C12H20N2O. The predicted molar refractivity (Wildman–Crippen MR) is 61.1 cm³/mol. The lowest BCUT2D eigenvalue weighted by Crippen LogP contribution is -2.26. The lowest BCUT2D eigenvalue weighted by Gasteiger charge is -2.12. The summed E-state index contributed by atoms with van der Waals surface area (Å²) in [7, 11) is 0. The molecule has 0 aliphatic carbocycles. The highest BCUT2D eigenvalue weighted by atomic mass is 16.1. The molecule has 0 atom stereocenters. The summed E-state index contributed by atoms with van der Waals surface area (Å²) in [6.45, 7) is 8.58. The first-order valence-corrected chi connectivity index (χ1v) is 5.32. The van der Waals surface area contributed by atoms with Gasteiger partial charge in [-0.2, -0.15) is 5.26 Å². The summed E-state index contributed by atoms with van der Waals surface area (Å²) in [6.07, 6.45) is 3.68. The number of unbranched alkanes of at least 4 members (excludes halogenated alkanes) is 1. The molecule has 0 unspecified atom stereocenters. The van der Waals surface area contributed by atoms with Gasteiger partial charge in [0.15, 0.2) is 0 Å². The minimum atomic E-state index is -0.263. The lowest BCUT2D eigenvalue weighted by molar-refractivity contribution is -0.117. The van der Waals surface area contributed by atoms with Gasteiger partial charge in [0.05, 0.1) is 0 Å². The third-order valence-corrected chi connectivity index (χ3v) is 1.76. The van der Waals surface area contributed by atoms with Crippen LogP contribution in [0.25, 0.3) is 0 Å². The van der Waals surface area contributed by atoms with Gasteiger partial charge in [0, 0.05) is 6.54 Å². The molecule has 1 N–H and O–H groups in total. The number of carbonyl (C=O) groups excluding carboxylic acids is 1. The van der Waals surface area contributed by atoms with Crippen molar-refractivity contribution in [2.45, 2.75) is 40.5 Å². The average Bonchev–Trinajstić information content (AvgIpc) is 2.13. The van der Waals surface area contributed by atoms with E-state index in [2.05, 4.69) is 12.2 Å². The number of hydrogen-bond acceptors (Lipinski definition) is 2. The normalized spacial score (nSPS) is 12.1. The number of nitriles is 1. The van der Waals surface area contributed by atoms with Crippen molar-refractivity contribution in [1.29, 1.82) is 5.26 Å². The van der Waals surface area contributed by atoms with E-state index in [-0.39, 0.29) is 16.9 Å². The molecule has 0 aliphatic heterocycles. The van der Waals surface area contributed by atoms with Gasteiger partial charge in [0.1, 0.15) is 11.6 Å². The topological polar surface area (TPSA) is 52.9 Å². The van der Waals surface area contributed by atoms with E-state index in [0.29, 0.717) is 6.54 Å². The maximum atomic E-state index is 11.5. The second-order valence-electron chi connectivity index (χ2n) is 4.65. The zero-order valence-corrected chi connectivity index (χ0v) is 10.1. The van der Waals surface area contributed by atoms with Crippen molar-refractivity contribution in [3.8, 4) is 6.07 Å². The molecule has 0 aromatic heterocycles. The fourth-order valence-corrected chi connectivity index (χ4v) is 1.06. The number of allylic oxidation sites excluding steroid dienone is 1. The molecule has 0 bridgehead atoms. The van der Waals surface area contributed by atoms with Crippen LogP contribution in [0.3, 0.4) is 0 Å². The minimum absolute atomic E-state index is 0.146. The molecule has 0 saturated carbocycles. The SMILES string of the molecule is CCCCNC(=O)/C(C#N)=C/C(C)(C)C. The number of rotatable bonds is 4. The first-order chi connectivity index (χ1) is 6.90. The molecule has 3 nitrogen and oxygen atoms in total. The Kier molecular flexibility index (Phi) is 5.69. The van der Waals surface area contributed by atoms with Crippen LogP contribution in [0.2, 0.25) is 0 Å². The van der Waals surface area contributed by atoms with Gasteiger partial charge in [0.2, 0.25) is 0 Å². The highest BCUT2D eigenvalue weighted by Crippen LogP contribution is 2.17. The van der Waals surface area contributed by atoms with Crippen molar-refractivity contribution < 1.29 is 4.79 Å². The smallest absolute Gasteiger partial charge is 0.261 e. The predicted octanol–water partition coefficient (Wildman–Crippen LogP) is 2.40. The van der Waals surface area contributed by atoms with E-state index < -0.39 is 0 Å². The molecule has 0 aromatic carbocycles. The van der Waals surface area contributed by atoms with Crippen LogP contribution in [0.5, 0.6) is 0 Å². The quantitative estimate of drug-likeness (QED) is 0.438. The van der Waals surface area contributed by atoms with Gasteiger partial charge in [-0.3, -0.25) is 4.79 Å². The molecular weight excluding hydrogens is 188 g/mol. The van der Waals surface area contributed by atoms with Gasteiger partial charge < -0.3 is 5.32 Å². The molecule has 84 valence electrons. The summed E-state index contributed by atoms with van der Waals surface area (Å²) in [5.74, 6) is -0.263. The summed E-state index contributed by atoms with van der Waals surface area (Å²) in [5, 5.41) is 11.6. The number of nitrogens with one attached hydrogen (secondary N) is 1. The first-order valence-electron chi connectivity index (χ1n) is 5.32. The monoisotopic (exact) mass is 208 g/mol. The van der Waals surface area contributed by atoms with Gasteiger partial charge in [-0.1, -0.05) is 40.2 Å². The Bertz CT molecular complexity index is 279. The fourth-order valence-electron chi connectivity index (χ4n) is 1.06. The third-order valence-electron chi connectivity index (χ3n) is 1.76. The van der Waals surface area contributed by atoms with Crippen molar-refractivity contribution in [2.75, 3.05) is 6.54 Å². The molecule has 0 rings (SSSR count). The fraction of sp³-hybridized carbons (Fsp3) is 0.667. The molecule has 3 heteroatoms. The van der Waals surface area contributed by atoms with Crippen LogP contribution in [0.4, 0.5) is 0 Å². The van der Waals surface area contributed by atoms with Crippen LogP contribution in [0.1, 0.15) is 40.5 Å². The summed E-state index contributed by atoms with van der Waals surface area (Å²) in [6, 6.07) is 1.93. The van der Waals surface area contributed by atoms with Crippen LogP contribution in [-0.4, -0.2) is 12.5 Å². The van der Waals surface area contributed by atoms with E-state index in [1.807, 2.05) is 26.8 Å². The van der Waals surface area contributed by atoms with E-state index in [4.69, 9.17) is 5.26 Å². The van der Waals surface area contributed by atoms with Crippen LogP contribution < -0.4 is 5.32 Å². The second kappa shape index (κ2) is 6.23. The van der Waals surface area contributed by atoms with Crippen molar-refractivity contribution in [3.63, 3.8) is 0 Å². The molecule has 15 heavy (non-hydrogen) atoms. The molecule has 0 saturated heterocycles. The Morgan fingerprint density at radius 3 is 2.47 bits per heavy atom. The van der Waals surface area contributed by atoms with Crippen molar-refractivity contribution >= 4 is 5.91 Å². The maximum Gasteiger partial charge on any atom is 0.261 e. The number of amides is 1. The lowest BCUT2D eigenvalue weighted by atomic mass is 9.93. The van der Waals surface area contributed by atoms with Crippen LogP contribution in [0.15, 0.2) is 11.6 Å². The minimum Gasteiger partial charge on any atom is -0.351 e. The molecule has 0 aromatic rings. The van der Waals surface area contributed by atoms with Gasteiger partial charge in [-0.25, -0.2) is 0 Å². The highest BCUT2D eigenvalue weighted by molar-refractivity contribution is 5.97.